The van der Waals surface area contributed by atoms with E-state index in [0.29, 0.717) is 23.0 Å². The van der Waals surface area contributed by atoms with E-state index in [1.807, 2.05) is 24.3 Å². The molecule has 0 spiro atoms. The molecule has 1 atom stereocenters. The second kappa shape index (κ2) is 14.0. The first-order chi connectivity index (χ1) is 19.3. The third-order valence-corrected chi connectivity index (χ3v) is 7.43. The summed E-state index contributed by atoms with van der Waals surface area (Å²) >= 11 is 5.98. The highest BCUT2D eigenvalue weighted by molar-refractivity contribution is 6.30. The number of hydrogen-bond acceptors (Lipinski definition) is 4. The molecule has 3 amide bonds. The predicted molar refractivity (Wildman–Crippen MR) is 155 cm³/mol. The third kappa shape index (κ3) is 8.07. The quantitative estimate of drug-likeness (QED) is 0.260. The fourth-order valence-corrected chi connectivity index (χ4v) is 4.97. The topological polar surface area (TPSA) is 119 Å². The molecule has 3 aromatic carbocycles. The molecule has 0 heterocycles. The van der Waals surface area contributed by atoms with Crippen LogP contribution in [-0.2, 0) is 17.9 Å². The number of aliphatic hydroxyl groups is 1. The summed E-state index contributed by atoms with van der Waals surface area (Å²) in [6.07, 6.45) is 4.51. The standard InChI is InChI=1S/C31H34ClN3O5/c32-26-14-8-21(9-15-26)18-34-31(40)35(27-16-12-24(13-17-27)23-4-2-1-3-5-23)20-22-6-10-25(11-7-22)29(37)33-19-28(36)30(38)39/h6-17,23,28,36H,1-5,18-20H2,(H,33,37)(H,34,40)(H,38,39)/t28-/m1/s1. The van der Waals surface area contributed by atoms with Gasteiger partial charge >= 0.3 is 12.0 Å². The fraction of sp³-hybridized carbons (Fsp3) is 0.323. The third-order valence-electron chi connectivity index (χ3n) is 7.18. The van der Waals surface area contributed by atoms with E-state index in [9.17, 15) is 19.5 Å². The van der Waals surface area contributed by atoms with Crippen molar-refractivity contribution in [1.82, 2.24) is 10.6 Å². The summed E-state index contributed by atoms with van der Waals surface area (Å²) < 4.78 is 0. The normalized spacial score (nSPS) is 14.2. The second-order valence-electron chi connectivity index (χ2n) is 10.1. The molecule has 4 N–H and O–H groups in total. The molecule has 1 aliphatic carbocycles. The lowest BCUT2D eigenvalue weighted by atomic mass is 9.84. The Balaban J connectivity index is 1.47. The monoisotopic (exact) mass is 563 g/mol. The van der Waals surface area contributed by atoms with Crippen LogP contribution in [0.3, 0.4) is 0 Å². The van der Waals surface area contributed by atoms with Gasteiger partial charge in [0.05, 0.1) is 13.1 Å². The second-order valence-corrected chi connectivity index (χ2v) is 10.5. The molecule has 0 aliphatic heterocycles. The Bertz CT molecular complexity index is 1290. The van der Waals surface area contributed by atoms with Gasteiger partial charge in [-0.3, -0.25) is 9.69 Å². The molecular weight excluding hydrogens is 530 g/mol. The van der Waals surface area contributed by atoms with Crippen LogP contribution in [0, 0.1) is 0 Å². The number of nitrogens with one attached hydrogen (secondary N) is 2. The number of anilines is 1. The van der Waals surface area contributed by atoms with Gasteiger partial charge in [0.1, 0.15) is 0 Å². The minimum Gasteiger partial charge on any atom is -0.479 e. The smallest absolute Gasteiger partial charge is 0.334 e. The van der Waals surface area contributed by atoms with E-state index in [4.69, 9.17) is 16.7 Å². The molecule has 9 heteroatoms. The highest BCUT2D eigenvalue weighted by Crippen LogP contribution is 2.33. The zero-order valence-corrected chi connectivity index (χ0v) is 22.9. The van der Waals surface area contributed by atoms with Crippen LogP contribution in [0.5, 0.6) is 0 Å². The van der Waals surface area contributed by atoms with E-state index >= 15 is 0 Å². The average molecular weight is 564 g/mol. The van der Waals surface area contributed by atoms with E-state index in [-0.39, 0.29) is 12.6 Å². The first-order valence-electron chi connectivity index (χ1n) is 13.5. The lowest BCUT2D eigenvalue weighted by molar-refractivity contribution is -0.146. The molecule has 0 saturated heterocycles. The first kappa shape index (κ1) is 29.1. The molecule has 0 unspecified atom stereocenters. The number of carbonyl (C=O) groups is 3. The molecule has 1 saturated carbocycles. The Hall–Kier alpha value is -3.88. The Labute approximate surface area is 239 Å². The first-order valence-corrected chi connectivity index (χ1v) is 13.9. The largest absolute Gasteiger partial charge is 0.479 e. The Morgan fingerprint density at radius 1 is 0.850 bits per heavy atom. The molecule has 8 nitrogen and oxygen atoms in total. The van der Waals surface area contributed by atoms with E-state index in [1.165, 1.54) is 37.7 Å². The molecule has 0 aromatic heterocycles. The van der Waals surface area contributed by atoms with Gasteiger partial charge in [-0.05, 0) is 71.8 Å². The van der Waals surface area contributed by atoms with Gasteiger partial charge in [0.25, 0.3) is 5.91 Å². The summed E-state index contributed by atoms with van der Waals surface area (Å²) in [5.41, 5.74) is 4.11. The van der Waals surface area contributed by atoms with Gasteiger partial charge < -0.3 is 20.8 Å². The molecule has 0 radical (unpaired) electrons. The highest BCUT2D eigenvalue weighted by atomic mass is 35.5. The van der Waals surface area contributed by atoms with Crippen LogP contribution in [0.2, 0.25) is 5.02 Å². The fourth-order valence-electron chi connectivity index (χ4n) is 4.84. The van der Waals surface area contributed by atoms with E-state index in [2.05, 4.69) is 22.8 Å². The van der Waals surface area contributed by atoms with Gasteiger partial charge in [-0.1, -0.05) is 67.3 Å². The van der Waals surface area contributed by atoms with Gasteiger partial charge in [0.15, 0.2) is 6.10 Å². The number of hydrogen-bond donors (Lipinski definition) is 4. The minimum atomic E-state index is -1.67. The number of benzene rings is 3. The molecule has 1 fully saturated rings. The summed E-state index contributed by atoms with van der Waals surface area (Å²) in [7, 11) is 0. The van der Waals surface area contributed by atoms with Crippen LogP contribution in [-0.4, -0.2) is 40.8 Å². The van der Waals surface area contributed by atoms with Crippen molar-refractivity contribution >= 4 is 35.2 Å². The lowest BCUT2D eigenvalue weighted by Gasteiger charge is -2.26. The molecule has 1 aliphatic rings. The molecule has 40 heavy (non-hydrogen) atoms. The zero-order valence-electron chi connectivity index (χ0n) is 22.2. The summed E-state index contributed by atoms with van der Waals surface area (Å²) in [5.74, 6) is -1.34. The maximum absolute atomic E-state index is 13.4. The lowest BCUT2D eigenvalue weighted by Crippen LogP contribution is -2.39. The number of rotatable bonds is 10. The summed E-state index contributed by atoms with van der Waals surface area (Å²) in [5, 5.41) is 24.2. The Morgan fingerprint density at radius 3 is 2.10 bits per heavy atom. The van der Waals surface area contributed by atoms with Crippen LogP contribution in [0.15, 0.2) is 72.8 Å². The molecule has 4 rings (SSSR count). The van der Waals surface area contributed by atoms with E-state index in [0.717, 1.165) is 16.8 Å². The van der Waals surface area contributed by atoms with Crippen molar-refractivity contribution in [3.63, 3.8) is 0 Å². The Kier molecular flexibility index (Phi) is 10.2. The van der Waals surface area contributed by atoms with Gasteiger partial charge in [-0.2, -0.15) is 0 Å². The minimum absolute atomic E-state index is 0.259. The SMILES string of the molecule is O=C(NC[C@@H](O)C(=O)O)c1ccc(CN(C(=O)NCc2ccc(Cl)cc2)c2ccc(C3CCCCC3)cc2)cc1. The van der Waals surface area contributed by atoms with Crippen molar-refractivity contribution in [2.24, 2.45) is 0 Å². The van der Waals surface area contributed by atoms with Gasteiger partial charge in [-0.25, -0.2) is 9.59 Å². The highest BCUT2D eigenvalue weighted by Gasteiger charge is 2.20. The zero-order chi connectivity index (χ0) is 28.5. The maximum atomic E-state index is 13.4. The number of carboxylic acid groups (broad SMARTS) is 1. The number of halogens is 1. The Morgan fingerprint density at radius 2 is 1.48 bits per heavy atom. The van der Waals surface area contributed by atoms with Crippen molar-refractivity contribution in [2.45, 2.75) is 57.2 Å². The van der Waals surface area contributed by atoms with Crippen molar-refractivity contribution in [3.05, 3.63) is 100 Å². The summed E-state index contributed by atoms with van der Waals surface area (Å²) in [6, 6.07) is 21.9. The van der Waals surface area contributed by atoms with Crippen LogP contribution < -0.4 is 15.5 Å². The van der Waals surface area contributed by atoms with Crippen LogP contribution >= 0.6 is 11.6 Å². The van der Waals surface area contributed by atoms with E-state index in [1.54, 1.807) is 41.3 Å². The predicted octanol–water partition coefficient (Wildman–Crippen LogP) is 5.48. The molecule has 3 aromatic rings. The summed E-state index contributed by atoms with van der Waals surface area (Å²) in [4.78, 5) is 38.2. The van der Waals surface area contributed by atoms with Crippen molar-refractivity contribution in [1.29, 1.82) is 0 Å². The van der Waals surface area contributed by atoms with Crippen molar-refractivity contribution < 1.29 is 24.6 Å². The molecule has 0 bridgehead atoms. The van der Waals surface area contributed by atoms with Crippen LogP contribution in [0.1, 0.15) is 65.1 Å². The molecular formula is C31H34ClN3O5. The summed E-state index contributed by atoms with van der Waals surface area (Å²) in [6.45, 7) is 0.219. The number of aliphatic hydroxyl groups excluding tert-OH is 1. The average Bonchev–Trinajstić information content (AvgIpc) is 2.99. The van der Waals surface area contributed by atoms with E-state index < -0.39 is 24.5 Å². The van der Waals surface area contributed by atoms with Crippen LogP contribution in [0.25, 0.3) is 0 Å². The van der Waals surface area contributed by atoms with Gasteiger partial charge in [0.2, 0.25) is 0 Å². The number of nitrogens with zero attached hydrogens (tertiary/aromatic N) is 1. The van der Waals surface area contributed by atoms with Crippen LogP contribution in [0.4, 0.5) is 10.5 Å². The van der Waals surface area contributed by atoms with Gasteiger partial charge in [-0.15, -0.1) is 0 Å². The number of carbonyl (C=O) groups excluding carboxylic acids is 2. The van der Waals surface area contributed by atoms with Gasteiger partial charge in [0, 0.05) is 22.8 Å². The maximum Gasteiger partial charge on any atom is 0.334 e. The number of amides is 3. The number of carboxylic acids is 1. The van der Waals surface area contributed by atoms with Crippen molar-refractivity contribution in [3.8, 4) is 0 Å². The molecule has 210 valence electrons. The number of aliphatic carboxylic acids is 1. The number of urea groups is 1. The van der Waals surface area contributed by atoms with Crippen molar-refractivity contribution in [2.75, 3.05) is 11.4 Å².